The van der Waals surface area contributed by atoms with Gasteiger partial charge in [0.2, 0.25) is 0 Å². The Balaban J connectivity index is 1.92. The third-order valence-electron chi connectivity index (χ3n) is 4.50. The Hall–Kier alpha value is -0.650. The number of piperidine rings is 2. The van der Waals surface area contributed by atoms with Crippen LogP contribution in [0, 0.1) is 5.92 Å². The van der Waals surface area contributed by atoms with E-state index in [-0.39, 0.29) is 5.91 Å². The Morgan fingerprint density at radius 2 is 1.89 bits per heavy atom. The second-order valence-corrected chi connectivity index (χ2v) is 5.64. The Bertz CT molecular complexity index is 295. The Labute approximate surface area is 115 Å². The summed E-state index contributed by atoms with van der Waals surface area (Å²) in [5.41, 5.74) is -0.584. The fourth-order valence-electron chi connectivity index (χ4n) is 3.16. The van der Waals surface area contributed by atoms with Crippen molar-refractivity contribution in [2.75, 3.05) is 47.0 Å². The molecule has 2 fully saturated rings. The van der Waals surface area contributed by atoms with Gasteiger partial charge in [-0.1, -0.05) is 0 Å². The molecule has 5 heteroatoms. The molecule has 0 bridgehead atoms. The summed E-state index contributed by atoms with van der Waals surface area (Å²) in [5.74, 6) is 0.785. The molecule has 0 unspecified atom stereocenters. The second kappa shape index (κ2) is 6.68. The molecule has 110 valence electrons. The number of carbonyl (C=O) groups excluding carboxylic acids is 1. The lowest BCUT2D eigenvalue weighted by Crippen LogP contribution is -2.56. The summed E-state index contributed by atoms with van der Waals surface area (Å²) in [7, 11) is 3.41. The fourth-order valence-corrected chi connectivity index (χ4v) is 3.16. The number of ether oxygens (including phenoxy) is 2. The zero-order valence-corrected chi connectivity index (χ0v) is 12.1. The van der Waals surface area contributed by atoms with E-state index < -0.39 is 5.60 Å². The summed E-state index contributed by atoms with van der Waals surface area (Å²) in [6.45, 7) is 4.21. The van der Waals surface area contributed by atoms with Gasteiger partial charge in [0, 0.05) is 33.9 Å². The highest BCUT2D eigenvalue weighted by atomic mass is 16.5. The third kappa shape index (κ3) is 3.27. The lowest BCUT2D eigenvalue weighted by atomic mass is 9.88. The molecule has 2 saturated heterocycles. The maximum atomic E-state index is 12.7. The molecule has 0 atom stereocenters. The Kier molecular flexibility index (Phi) is 5.19. The van der Waals surface area contributed by atoms with Gasteiger partial charge < -0.3 is 19.7 Å². The van der Waals surface area contributed by atoms with Crippen LogP contribution in [0.5, 0.6) is 0 Å². The number of methoxy groups -OCH3 is 2. The van der Waals surface area contributed by atoms with Gasteiger partial charge in [-0.15, -0.1) is 0 Å². The number of nitrogens with one attached hydrogen (secondary N) is 1. The van der Waals surface area contributed by atoms with Gasteiger partial charge in [-0.25, -0.2) is 0 Å². The lowest BCUT2D eigenvalue weighted by molar-refractivity contribution is -0.160. The van der Waals surface area contributed by atoms with E-state index in [0.717, 1.165) is 58.5 Å². The largest absolute Gasteiger partial charge is 0.384 e. The van der Waals surface area contributed by atoms with Crippen LogP contribution in [0.1, 0.15) is 25.7 Å². The van der Waals surface area contributed by atoms with Gasteiger partial charge in [0.15, 0.2) is 0 Å². The zero-order valence-electron chi connectivity index (χ0n) is 12.1. The highest BCUT2D eigenvalue weighted by Crippen LogP contribution is 2.27. The van der Waals surface area contributed by atoms with Gasteiger partial charge in [-0.2, -0.15) is 0 Å². The highest BCUT2D eigenvalue weighted by molar-refractivity contribution is 5.85. The average molecular weight is 270 g/mol. The fraction of sp³-hybridized carbons (Fsp3) is 0.929. The molecule has 2 heterocycles. The first kappa shape index (κ1) is 14.8. The van der Waals surface area contributed by atoms with E-state index in [9.17, 15) is 4.79 Å². The monoisotopic (exact) mass is 270 g/mol. The number of amides is 1. The van der Waals surface area contributed by atoms with Crippen LogP contribution < -0.4 is 5.32 Å². The van der Waals surface area contributed by atoms with Crippen molar-refractivity contribution in [3.63, 3.8) is 0 Å². The molecule has 0 aliphatic carbocycles. The summed E-state index contributed by atoms with van der Waals surface area (Å²) < 4.78 is 10.8. The van der Waals surface area contributed by atoms with E-state index in [2.05, 4.69) is 5.32 Å². The number of nitrogens with zero attached hydrogens (tertiary/aromatic N) is 1. The summed E-state index contributed by atoms with van der Waals surface area (Å²) in [6.07, 6.45) is 3.63. The number of rotatable bonds is 4. The second-order valence-electron chi connectivity index (χ2n) is 5.64. The van der Waals surface area contributed by atoms with Crippen molar-refractivity contribution >= 4 is 5.91 Å². The third-order valence-corrected chi connectivity index (χ3v) is 4.50. The summed E-state index contributed by atoms with van der Waals surface area (Å²) >= 11 is 0. The van der Waals surface area contributed by atoms with Crippen LogP contribution in [-0.2, 0) is 14.3 Å². The predicted octanol–water partition coefficient (Wildman–Crippen LogP) is 0.640. The number of likely N-dealkylation sites (tertiary alicyclic amines) is 1. The Morgan fingerprint density at radius 3 is 2.42 bits per heavy atom. The zero-order chi connectivity index (χ0) is 13.7. The van der Waals surface area contributed by atoms with E-state index in [1.54, 1.807) is 14.2 Å². The topological polar surface area (TPSA) is 50.8 Å². The first-order chi connectivity index (χ1) is 9.22. The van der Waals surface area contributed by atoms with Gasteiger partial charge in [0.25, 0.3) is 5.91 Å². The molecular weight excluding hydrogens is 244 g/mol. The van der Waals surface area contributed by atoms with Gasteiger partial charge in [0.05, 0.1) is 0 Å². The molecule has 0 saturated carbocycles. The molecule has 0 aromatic heterocycles. The molecule has 1 amide bonds. The van der Waals surface area contributed by atoms with E-state index >= 15 is 0 Å². The molecule has 1 N–H and O–H groups in total. The molecule has 2 aliphatic rings. The molecule has 0 aromatic rings. The number of carbonyl (C=O) groups is 1. The smallest absolute Gasteiger partial charge is 0.254 e. The molecule has 0 aromatic carbocycles. The highest BCUT2D eigenvalue weighted by Gasteiger charge is 2.43. The minimum absolute atomic E-state index is 0.187. The molecule has 0 spiro atoms. The summed E-state index contributed by atoms with van der Waals surface area (Å²) in [6, 6.07) is 0. The van der Waals surface area contributed by atoms with Crippen molar-refractivity contribution in [3.8, 4) is 0 Å². The lowest BCUT2D eigenvalue weighted by Gasteiger charge is -2.41. The minimum atomic E-state index is -0.584. The van der Waals surface area contributed by atoms with Gasteiger partial charge in [-0.3, -0.25) is 4.79 Å². The van der Waals surface area contributed by atoms with Crippen LogP contribution >= 0.6 is 0 Å². The number of hydrogen-bond donors (Lipinski definition) is 1. The molecule has 19 heavy (non-hydrogen) atoms. The Morgan fingerprint density at radius 1 is 1.26 bits per heavy atom. The molecular formula is C14H26N2O3. The van der Waals surface area contributed by atoms with Crippen LogP contribution in [0.25, 0.3) is 0 Å². The van der Waals surface area contributed by atoms with Crippen molar-refractivity contribution in [2.24, 2.45) is 5.92 Å². The maximum Gasteiger partial charge on any atom is 0.254 e. The first-order valence-corrected chi connectivity index (χ1v) is 7.26. The van der Waals surface area contributed by atoms with Crippen molar-refractivity contribution in [1.29, 1.82) is 0 Å². The minimum Gasteiger partial charge on any atom is -0.384 e. The van der Waals surface area contributed by atoms with E-state index in [4.69, 9.17) is 9.47 Å². The number of hydrogen-bond acceptors (Lipinski definition) is 4. The quantitative estimate of drug-likeness (QED) is 0.814. The van der Waals surface area contributed by atoms with Gasteiger partial charge >= 0.3 is 0 Å². The molecule has 5 nitrogen and oxygen atoms in total. The average Bonchev–Trinajstić information content (AvgIpc) is 2.48. The van der Waals surface area contributed by atoms with Crippen molar-refractivity contribution in [1.82, 2.24) is 10.2 Å². The molecule has 0 radical (unpaired) electrons. The maximum absolute atomic E-state index is 12.7. The van der Waals surface area contributed by atoms with Crippen LogP contribution in [0.2, 0.25) is 0 Å². The van der Waals surface area contributed by atoms with Crippen LogP contribution in [0.4, 0.5) is 0 Å². The summed E-state index contributed by atoms with van der Waals surface area (Å²) in [5, 5.41) is 3.29. The van der Waals surface area contributed by atoms with Crippen LogP contribution in [0.15, 0.2) is 0 Å². The van der Waals surface area contributed by atoms with Gasteiger partial charge in [0.1, 0.15) is 5.60 Å². The standard InChI is InChI=1S/C14H26N2O3/c1-18-11-12-3-9-16(10-4-12)13(17)14(19-2)5-7-15-8-6-14/h12,15H,3-11H2,1-2H3. The normalized spacial score (nSPS) is 24.4. The summed E-state index contributed by atoms with van der Waals surface area (Å²) in [4.78, 5) is 14.7. The predicted molar refractivity (Wildman–Crippen MR) is 73.0 cm³/mol. The van der Waals surface area contributed by atoms with E-state index in [0.29, 0.717) is 5.92 Å². The van der Waals surface area contributed by atoms with Crippen LogP contribution in [-0.4, -0.2) is 63.4 Å². The first-order valence-electron chi connectivity index (χ1n) is 7.26. The van der Waals surface area contributed by atoms with Crippen LogP contribution in [0.3, 0.4) is 0 Å². The SMILES string of the molecule is COCC1CCN(C(=O)C2(OC)CCNCC2)CC1. The molecule has 2 aliphatic heterocycles. The van der Waals surface area contributed by atoms with Crippen molar-refractivity contribution in [3.05, 3.63) is 0 Å². The van der Waals surface area contributed by atoms with E-state index in [1.165, 1.54) is 0 Å². The molecule has 2 rings (SSSR count). The van der Waals surface area contributed by atoms with E-state index in [1.807, 2.05) is 4.90 Å². The van der Waals surface area contributed by atoms with Crippen molar-refractivity contribution < 1.29 is 14.3 Å². The van der Waals surface area contributed by atoms with Gasteiger partial charge in [-0.05, 0) is 44.7 Å². The van der Waals surface area contributed by atoms with Crippen molar-refractivity contribution in [2.45, 2.75) is 31.3 Å².